The highest BCUT2D eigenvalue weighted by molar-refractivity contribution is 6.18. The normalized spacial score (nSPS) is 19.6. The second-order valence-electron chi connectivity index (χ2n) is 5.41. The summed E-state index contributed by atoms with van der Waals surface area (Å²) in [7, 11) is 0. The first-order valence-corrected chi connectivity index (χ1v) is 6.97. The fourth-order valence-electron chi connectivity index (χ4n) is 2.29. The molecule has 0 fully saturated rings. The molecule has 0 saturated carbocycles. The lowest BCUT2D eigenvalue weighted by molar-refractivity contribution is -0.143. The number of hydrogen-bond acceptors (Lipinski definition) is 3. The molecule has 1 heterocycles. The lowest BCUT2D eigenvalue weighted by Crippen LogP contribution is -2.56. The number of amides is 2. The largest absolute Gasteiger partial charge is 0.466 e. The van der Waals surface area contributed by atoms with E-state index >= 15 is 0 Å². The van der Waals surface area contributed by atoms with Gasteiger partial charge < -0.3 is 15.4 Å². The van der Waals surface area contributed by atoms with E-state index in [4.69, 9.17) is 4.74 Å². The highest BCUT2D eigenvalue weighted by Crippen LogP contribution is 2.33. The molecule has 0 radical (unpaired) electrons. The minimum atomic E-state index is -1.61. The van der Waals surface area contributed by atoms with Crippen LogP contribution in [0, 0.1) is 6.92 Å². The molecule has 0 bridgehead atoms. The van der Waals surface area contributed by atoms with E-state index in [1.165, 1.54) is 6.92 Å². The van der Waals surface area contributed by atoms with Crippen molar-refractivity contribution in [1.29, 1.82) is 0 Å². The molecule has 1 atom stereocenters. The van der Waals surface area contributed by atoms with Crippen molar-refractivity contribution in [1.82, 2.24) is 0 Å². The average molecular weight is 296 g/mol. The molecule has 0 saturated heterocycles. The third-order valence-electron chi connectivity index (χ3n) is 3.59. The van der Waals surface area contributed by atoms with E-state index in [9.17, 15) is 9.59 Å². The number of fused-ring (bicyclic) bond motifs is 1. The number of nitrogens with one attached hydrogen (secondary N) is 2. The summed E-state index contributed by atoms with van der Waals surface area (Å²) in [6.45, 7) is 3.39. The van der Waals surface area contributed by atoms with Gasteiger partial charge in [0.15, 0.2) is 0 Å². The number of hydrogen-bond donors (Lipinski definition) is 2. The summed E-state index contributed by atoms with van der Waals surface area (Å²) in [4.78, 5) is 24.8. The standard InChI is InChI=1S/C17H16N2O3/c1-11-6-5-7-12(10-11)18-15(20)17(2)16(21)19-13-8-3-4-9-14(13)22-17/h3-10H,1-2H3,(H,18,20)(H,19,21). The predicted octanol–water partition coefficient (Wildman–Crippen LogP) is 2.72. The third kappa shape index (κ3) is 2.41. The molecule has 5 nitrogen and oxygen atoms in total. The van der Waals surface area contributed by atoms with E-state index in [0.29, 0.717) is 17.1 Å². The van der Waals surface area contributed by atoms with E-state index in [1.54, 1.807) is 30.3 Å². The zero-order valence-electron chi connectivity index (χ0n) is 12.3. The van der Waals surface area contributed by atoms with Crippen LogP contribution in [0.4, 0.5) is 11.4 Å². The summed E-state index contributed by atoms with van der Waals surface area (Å²) in [6.07, 6.45) is 0. The number of carbonyl (C=O) groups excluding carboxylic acids is 2. The first-order chi connectivity index (χ1) is 10.5. The fourth-order valence-corrected chi connectivity index (χ4v) is 2.29. The molecule has 0 aliphatic carbocycles. The summed E-state index contributed by atoms with van der Waals surface area (Å²) < 4.78 is 5.67. The number of carbonyl (C=O) groups is 2. The molecule has 0 spiro atoms. The summed E-state index contributed by atoms with van der Waals surface area (Å²) in [6, 6.07) is 14.4. The molecular weight excluding hydrogens is 280 g/mol. The number of aryl methyl sites for hydroxylation is 1. The Balaban J connectivity index is 1.87. The SMILES string of the molecule is Cc1cccc(NC(=O)C2(C)Oc3ccccc3NC2=O)c1. The van der Waals surface area contributed by atoms with Gasteiger partial charge >= 0.3 is 0 Å². The van der Waals surface area contributed by atoms with E-state index in [2.05, 4.69) is 10.6 Å². The maximum absolute atomic E-state index is 12.5. The number of rotatable bonds is 2. The molecule has 1 aliphatic heterocycles. The van der Waals surface area contributed by atoms with E-state index < -0.39 is 17.4 Å². The first-order valence-electron chi connectivity index (χ1n) is 6.97. The van der Waals surface area contributed by atoms with Crippen LogP contribution in [0.3, 0.4) is 0 Å². The molecule has 2 amide bonds. The van der Waals surface area contributed by atoms with Gasteiger partial charge in [0.05, 0.1) is 5.69 Å². The van der Waals surface area contributed by atoms with Gasteiger partial charge in [0.2, 0.25) is 0 Å². The number of anilines is 2. The second-order valence-corrected chi connectivity index (χ2v) is 5.41. The Kier molecular flexibility index (Phi) is 3.33. The van der Waals surface area contributed by atoms with Crippen molar-refractivity contribution >= 4 is 23.2 Å². The lowest BCUT2D eigenvalue weighted by Gasteiger charge is -2.33. The molecule has 22 heavy (non-hydrogen) atoms. The number of para-hydroxylation sites is 2. The Morgan fingerprint density at radius 2 is 1.95 bits per heavy atom. The van der Waals surface area contributed by atoms with E-state index in [0.717, 1.165) is 5.56 Å². The Morgan fingerprint density at radius 1 is 1.18 bits per heavy atom. The van der Waals surface area contributed by atoms with Crippen LogP contribution < -0.4 is 15.4 Å². The van der Waals surface area contributed by atoms with Gasteiger partial charge in [-0.25, -0.2) is 0 Å². The third-order valence-corrected chi connectivity index (χ3v) is 3.59. The summed E-state index contributed by atoms with van der Waals surface area (Å²) in [5, 5.41) is 5.43. The summed E-state index contributed by atoms with van der Waals surface area (Å²) in [5.41, 5.74) is 0.593. The number of benzene rings is 2. The van der Waals surface area contributed by atoms with Crippen LogP contribution in [-0.2, 0) is 9.59 Å². The van der Waals surface area contributed by atoms with Crippen molar-refractivity contribution in [2.24, 2.45) is 0 Å². The number of ether oxygens (including phenoxy) is 1. The van der Waals surface area contributed by atoms with Crippen molar-refractivity contribution in [3.8, 4) is 5.75 Å². The van der Waals surface area contributed by atoms with Crippen LogP contribution in [0.15, 0.2) is 48.5 Å². The van der Waals surface area contributed by atoms with Gasteiger partial charge in [-0.1, -0.05) is 24.3 Å². The van der Waals surface area contributed by atoms with Crippen LogP contribution in [-0.4, -0.2) is 17.4 Å². The zero-order valence-corrected chi connectivity index (χ0v) is 12.3. The van der Waals surface area contributed by atoms with Crippen molar-refractivity contribution in [2.75, 3.05) is 10.6 Å². The molecule has 2 aromatic carbocycles. The van der Waals surface area contributed by atoms with Crippen molar-refractivity contribution in [3.05, 3.63) is 54.1 Å². The first kappa shape index (κ1) is 14.1. The van der Waals surface area contributed by atoms with Gasteiger partial charge in [-0.05, 0) is 43.7 Å². The molecule has 5 heteroatoms. The van der Waals surface area contributed by atoms with E-state index in [-0.39, 0.29) is 0 Å². The van der Waals surface area contributed by atoms with Crippen molar-refractivity contribution in [2.45, 2.75) is 19.4 Å². The molecular formula is C17H16N2O3. The van der Waals surface area contributed by atoms with Gasteiger partial charge in [-0.2, -0.15) is 0 Å². The van der Waals surface area contributed by atoms with Crippen molar-refractivity contribution < 1.29 is 14.3 Å². The molecule has 1 aliphatic rings. The molecule has 1 unspecified atom stereocenters. The van der Waals surface area contributed by atoms with Gasteiger partial charge in [-0.3, -0.25) is 9.59 Å². The van der Waals surface area contributed by atoms with Crippen molar-refractivity contribution in [3.63, 3.8) is 0 Å². The summed E-state index contributed by atoms with van der Waals surface area (Å²) >= 11 is 0. The molecule has 3 rings (SSSR count). The monoisotopic (exact) mass is 296 g/mol. The van der Waals surface area contributed by atoms with Gasteiger partial charge in [0.25, 0.3) is 17.4 Å². The predicted molar refractivity (Wildman–Crippen MR) is 83.9 cm³/mol. The van der Waals surface area contributed by atoms with Gasteiger partial charge in [0, 0.05) is 5.69 Å². The maximum Gasteiger partial charge on any atom is 0.278 e. The lowest BCUT2D eigenvalue weighted by atomic mass is 10.0. The second kappa shape index (κ2) is 5.18. The van der Waals surface area contributed by atoms with Crippen LogP contribution in [0.1, 0.15) is 12.5 Å². The van der Waals surface area contributed by atoms with E-state index in [1.807, 2.05) is 25.1 Å². The quantitative estimate of drug-likeness (QED) is 0.837. The smallest absolute Gasteiger partial charge is 0.278 e. The topological polar surface area (TPSA) is 67.4 Å². The molecule has 2 aromatic rings. The van der Waals surface area contributed by atoms with Crippen LogP contribution in [0.5, 0.6) is 5.75 Å². The molecule has 2 N–H and O–H groups in total. The van der Waals surface area contributed by atoms with Gasteiger partial charge in [0.1, 0.15) is 5.75 Å². The van der Waals surface area contributed by atoms with Crippen LogP contribution in [0.2, 0.25) is 0 Å². The Morgan fingerprint density at radius 3 is 2.73 bits per heavy atom. The maximum atomic E-state index is 12.5. The minimum Gasteiger partial charge on any atom is -0.466 e. The zero-order chi connectivity index (χ0) is 15.7. The Labute approximate surface area is 128 Å². The average Bonchev–Trinajstić information content (AvgIpc) is 2.48. The van der Waals surface area contributed by atoms with Crippen LogP contribution >= 0.6 is 0 Å². The molecule has 0 aromatic heterocycles. The Hall–Kier alpha value is -2.82. The highest BCUT2D eigenvalue weighted by atomic mass is 16.5. The Bertz CT molecular complexity index is 757. The van der Waals surface area contributed by atoms with Gasteiger partial charge in [-0.15, -0.1) is 0 Å². The minimum absolute atomic E-state index is 0.476. The molecule has 112 valence electrons. The fraction of sp³-hybridized carbons (Fsp3) is 0.176. The van der Waals surface area contributed by atoms with Crippen LogP contribution in [0.25, 0.3) is 0 Å². The summed E-state index contributed by atoms with van der Waals surface area (Å²) in [5.74, 6) is -0.523. The highest BCUT2D eigenvalue weighted by Gasteiger charge is 2.47.